The van der Waals surface area contributed by atoms with E-state index >= 15 is 0 Å². The lowest BCUT2D eigenvalue weighted by molar-refractivity contribution is -0.110. The second-order valence-corrected chi connectivity index (χ2v) is 9.58. The van der Waals surface area contributed by atoms with Gasteiger partial charge in [0.15, 0.2) is 0 Å². The molecule has 3 atom stereocenters. The summed E-state index contributed by atoms with van der Waals surface area (Å²) >= 11 is 6.07. The quantitative estimate of drug-likeness (QED) is 0.588. The molecule has 0 spiro atoms. The van der Waals surface area contributed by atoms with Crippen LogP contribution in [-0.4, -0.2) is 43.3 Å². The average molecular weight is 413 g/mol. The van der Waals surface area contributed by atoms with Crippen LogP contribution in [0.4, 0.5) is 0 Å². The molecule has 1 saturated heterocycles. The third-order valence-corrected chi connectivity index (χ3v) is 8.21. The minimum absolute atomic E-state index is 0.0159. The van der Waals surface area contributed by atoms with Gasteiger partial charge >= 0.3 is 0 Å². The molecule has 0 radical (unpaired) electrons. The minimum atomic E-state index is -3.64. The van der Waals surface area contributed by atoms with E-state index in [4.69, 9.17) is 16.8 Å². The van der Waals surface area contributed by atoms with Crippen molar-refractivity contribution < 1.29 is 18.4 Å². The Morgan fingerprint density at radius 3 is 2.70 bits per heavy atom. The van der Waals surface area contributed by atoms with E-state index in [0.717, 1.165) is 42.2 Å². The van der Waals surface area contributed by atoms with Crippen molar-refractivity contribution >= 4 is 33.5 Å². The molecule has 0 unspecified atom stereocenters. The van der Waals surface area contributed by atoms with Gasteiger partial charge in [-0.3, -0.25) is 0 Å². The summed E-state index contributed by atoms with van der Waals surface area (Å²) in [6.45, 7) is 1.84. The number of benzene rings is 1. The Hall–Kier alpha value is -1.25. The van der Waals surface area contributed by atoms with Crippen LogP contribution in [0.15, 0.2) is 23.1 Å². The number of aldehydes is 1. The molecule has 2 N–H and O–H groups in total. The van der Waals surface area contributed by atoms with Gasteiger partial charge in [0.25, 0.3) is 0 Å². The van der Waals surface area contributed by atoms with E-state index in [2.05, 4.69) is 0 Å². The Morgan fingerprint density at radius 2 is 2.04 bits per heavy atom. The normalized spacial score (nSPS) is 27.2. The van der Waals surface area contributed by atoms with Crippen LogP contribution in [0.25, 0.3) is 5.57 Å². The highest BCUT2D eigenvalue weighted by atomic mass is 35.5. The van der Waals surface area contributed by atoms with Crippen molar-refractivity contribution in [1.29, 1.82) is 0 Å². The zero-order valence-corrected chi connectivity index (χ0v) is 17.1. The van der Waals surface area contributed by atoms with E-state index in [9.17, 15) is 13.2 Å². The number of rotatable bonds is 3. The summed E-state index contributed by atoms with van der Waals surface area (Å²) in [7, 11) is -2.21. The molecule has 1 aromatic rings. The van der Waals surface area contributed by atoms with Crippen molar-refractivity contribution in [3.63, 3.8) is 0 Å². The monoisotopic (exact) mass is 412 g/mol. The smallest absolute Gasteiger partial charge is 0.240 e. The number of hydrogen-bond donors (Lipinski definition) is 2. The highest BCUT2D eigenvalue weighted by Gasteiger charge is 2.50. The first-order valence-electron chi connectivity index (χ1n) is 9.13. The second kappa shape index (κ2) is 8.01. The molecule has 0 amide bonds. The number of hydrogen-bond acceptors (Lipinski definition) is 5. The molecule has 6 nitrogen and oxygen atoms in total. The lowest BCUT2D eigenvalue weighted by atomic mass is 10.0. The van der Waals surface area contributed by atoms with Gasteiger partial charge in [-0.25, -0.2) is 13.9 Å². The highest BCUT2D eigenvalue weighted by molar-refractivity contribution is 7.93. The van der Waals surface area contributed by atoms with E-state index in [-0.39, 0.29) is 6.04 Å². The van der Waals surface area contributed by atoms with Gasteiger partial charge in [0.1, 0.15) is 6.29 Å². The van der Waals surface area contributed by atoms with Crippen molar-refractivity contribution in [1.82, 2.24) is 9.79 Å². The summed E-state index contributed by atoms with van der Waals surface area (Å²) in [5.74, 6) is 0.328. The maximum atomic E-state index is 13.4. The molecule has 8 heteroatoms. The third-order valence-electron chi connectivity index (χ3n) is 5.81. The van der Waals surface area contributed by atoms with Crippen LogP contribution >= 0.6 is 11.6 Å². The predicted molar refractivity (Wildman–Crippen MR) is 105 cm³/mol. The van der Waals surface area contributed by atoms with Crippen molar-refractivity contribution in [2.75, 3.05) is 7.05 Å². The standard InChI is InChI=1S/C18H20ClNO3S.CH5NO/c1-11-16-9-14(19)6-5-12(16)8-18(11)24(22,23)20-15(10-21)7-13-3-2-4-17(13)20;1-2-3/h5-6,9-10,13,15,17H,2-4,7-8H2,1H3;2-3H,1H3/t13-,15-,17-;/m1./s1. The van der Waals surface area contributed by atoms with Crippen LogP contribution in [-0.2, 0) is 21.2 Å². The first-order valence-corrected chi connectivity index (χ1v) is 10.9. The molecule has 1 aromatic carbocycles. The Bertz CT molecular complexity index is 868. The van der Waals surface area contributed by atoms with E-state index in [0.29, 0.717) is 28.7 Å². The summed E-state index contributed by atoms with van der Waals surface area (Å²) < 4.78 is 28.3. The van der Waals surface area contributed by atoms with Crippen LogP contribution in [0.5, 0.6) is 0 Å². The third kappa shape index (κ3) is 3.59. The van der Waals surface area contributed by atoms with Crippen LogP contribution in [0.3, 0.4) is 0 Å². The van der Waals surface area contributed by atoms with Crippen molar-refractivity contribution in [3.8, 4) is 0 Å². The van der Waals surface area contributed by atoms with Gasteiger partial charge in [-0.2, -0.15) is 4.31 Å². The summed E-state index contributed by atoms with van der Waals surface area (Å²) in [5.41, 5.74) is 4.41. The molecule has 27 heavy (non-hydrogen) atoms. The minimum Gasteiger partial charge on any atom is -0.317 e. The van der Waals surface area contributed by atoms with E-state index < -0.39 is 16.1 Å². The Labute approximate surface area is 165 Å². The molecular formula is C19H25ClN2O4S. The predicted octanol–water partition coefficient (Wildman–Crippen LogP) is 2.99. The van der Waals surface area contributed by atoms with Crippen LogP contribution in [0, 0.1) is 5.92 Å². The summed E-state index contributed by atoms with van der Waals surface area (Å²) in [6, 6.07) is 4.98. The number of nitrogens with one attached hydrogen (secondary N) is 1. The molecular weight excluding hydrogens is 388 g/mol. The Balaban J connectivity index is 0.000000659. The van der Waals surface area contributed by atoms with Crippen molar-refractivity contribution in [2.45, 2.75) is 51.1 Å². The number of sulfonamides is 1. The summed E-state index contributed by atoms with van der Waals surface area (Å²) in [5, 5.41) is 7.93. The molecule has 0 bridgehead atoms. The number of hydroxylamine groups is 1. The number of carbonyl (C=O) groups excluding carboxylic acids is 1. The van der Waals surface area contributed by atoms with Crippen LogP contribution in [0.1, 0.15) is 43.7 Å². The molecule has 0 aromatic heterocycles. The van der Waals surface area contributed by atoms with E-state index in [1.807, 2.05) is 19.1 Å². The van der Waals surface area contributed by atoms with Gasteiger partial charge in [0.2, 0.25) is 10.0 Å². The number of nitrogens with zero attached hydrogens (tertiary/aromatic N) is 1. The van der Waals surface area contributed by atoms with Gasteiger partial charge in [-0.1, -0.05) is 24.1 Å². The molecule has 1 heterocycles. The SMILES string of the molecule is CC1=C(S(=O)(=O)N2[C@@H]3CCC[C@@H]3C[C@@H]2C=O)Cc2ccc(Cl)cc21.CNO. The fourth-order valence-electron chi connectivity index (χ4n) is 4.68. The molecule has 3 aliphatic rings. The first kappa shape index (κ1) is 20.5. The van der Waals surface area contributed by atoms with Crippen molar-refractivity contribution in [2.24, 2.45) is 5.92 Å². The molecule has 2 fully saturated rings. The second-order valence-electron chi connectivity index (χ2n) is 7.28. The zero-order chi connectivity index (χ0) is 19.8. The first-order chi connectivity index (χ1) is 12.8. The molecule has 4 rings (SSSR count). The fraction of sp³-hybridized carbons (Fsp3) is 0.526. The zero-order valence-electron chi connectivity index (χ0n) is 15.5. The summed E-state index contributed by atoms with van der Waals surface area (Å²) in [4.78, 5) is 11.9. The molecule has 1 aliphatic heterocycles. The van der Waals surface area contributed by atoms with Crippen LogP contribution in [0.2, 0.25) is 5.02 Å². The lowest BCUT2D eigenvalue weighted by Gasteiger charge is -2.27. The molecule has 148 valence electrons. The van der Waals surface area contributed by atoms with Gasteiger partial charge < -0.3 is 10.0 Å². The van der Waals surface area contributed by atoms with Crippen molar-refractivity contribution in [3.05, 3.63) is 39.3 Å². The highest BCUT2D eigenvalue weighted by Crippen LogP contribution is 2.46. The topological polar surface area (TPSA) is 86.7 Å². The molecule has 2 aliphatic carbocycles. The maximum absolute atomic E-state index is 13.4. The number of carbonyl (C=O) groups is 1. The Kier molecular flexibility index (Phi) is 6.08. The summed E-state index contributed by atoms with van der Waals surface area (Å²) in [6.07, 6.45) is 4.79. The van der Waals surface area contributed by atoms with Gasteiger partial charge in [0.05, 0.1) is 10.9 Å². The maximum Gasteiger partial charge on any atom is 0.240 e. The number of fused-ring (bicyclic) bond motifs is 2. The number of allylic oxidation sites excluding steroid dienone is 2. The lowest BCUT2D eigenvalue weighted by Crippen LogP contribution is -2.42. The fourth-order valence-corrected chi connectivity index (χ4v) is 7.07. The molecule has 1 saturated carbocycles. The average Bonchev–Trinajstić information content (AvgIpc) is 3.28. The van der Waals surface area contributed by atoms with Crippen LogP contribution < -0.4 is 5.48 Å². The largest absolute Gasteiger partial charge is 0.317 e. The van der Waals surface area contributed by atoms with E-state index in [1.54, 1.807) is 11.5 Å². The van der Waals surface area contributed by atoms with Gasteiger partial charge in [-0.15, -0.1) is 0 Å². The Morgan fingerprint density at radius 1 is 1.33 bits per heavy atom. The van der Waals surface area contributed by atoms with E-state index in [1.165, 1.54) is 11.4 Å². The number of halogens is 1. The van der Waals surface area contributed by atoms with Gasteiger partial charge in [-0.05, 0) is 60.9 Å². The van der Waals surface area contributed by atoms with Gasteiger partial charge in [0, 0.05) is 24.5 Å².